The Hall–Kier alpha value is -3.32. The van der Waals surface area contributed by atoms with Gasteiger partial charge in [-0.3, -0.25) is 5.43 Å². The second-order valence-corrected chi connectivity index (χ2v) is 7.64. The molecule has 0 aliphatic carbocycles. The van der Waals surface area contributed by atoms with Crippen LogP contribution in [0.2, 0.25) is 0 Å². The topological polar surface area (TPSA) is 64.4 Å². The van der Waals surface area contributed by atoms with Crippen LogP contribution in [0.4, 0.5) is 5.69 Å². The second-order valence-electron chi connectivity index (χ2n) is 6.72. The van der Waals surface area contributed by atoms with Gasteiger partial charge in [0.1, 0.15) is 11.5 Å². The van der Waals surface area contributed by atoms with E-state index in [9.17, 15) is 0 Å². The van der Waals surface area contributed by atoms with Crippen molar-refractivity contribution in [3.05, 3.63) is 81.8 Å². The molecule has 3 aromatic carbocycles. The van der Waals surface area contributed by atoms with Crippen LogP contribution >= 0.6 is 15.9 Å². The maximum absolute atomic E-state index is 5.73. The SMILES string of the molecule is CCOc1ccc2c(c1)C(c1ccc(OC)c(OC)c1)=NNC(c1ccc(Br)cc1)=N2. The second kappa shape index (κ2) is 9.22. The van der Waals surface area contributed by atoms with Crippen LogP contribution in [-0.2, 0) is 0 Å². The monoisotopic (exact) mass is 479 g/mol. The van der Waals surface area contributed by atoms with Crippen molar-refractivity contribution >= 4 is 33.2 Å². The van der Waals surface area contributed by atoms with Gasteiger partial charge in [-0.2, -0.15) is 5.10 Å². The predicted octanol–water partition coefficient (Wildman–Crippen LogP) is 5.30. The molecule has 1 aliphatic heterocycles. The molecule has 6 nitrogen and oxygen atoms in total. The van der Waals surface area contributed by atoms with Gasteiger partial charge < -0.3 is 14.2 Å². The van der Waals surface area contributed by atoms with Gasteiger partial charge >= 0.3 is 0 Å². The Balaban J connectivity index is 1.85. The summed E-state index contributed by atoms with van der Waals surface area (Å²) in [5.74, 6) is 2.71. The first-order valence-electron chi connectivity index (χ1n) is 9.81. The highest BCUT2D eigenvalue weighted by molar-refractivity contribution is 9.10. The average molecular weight is 480 g/mol. The van der Waals surface area contributed by atoms with E-state index in [1.807, 2.05) is 67.6 Å². The van der Waals surface area contributed by atoms with E-state index in [-0.39, 0.29) is 0 Å². The Morgan fingerprint density at radius 1 is 0.871 bits per heavy atom. The zero-order valence-corrected chi connectivity index (χ0v) is 19.1. The van der Waals surface area contributed by atoms with E-state index in [2.05, 4.69) is 21.4 Å². The van der Waals surface area contributed by atoms with Crippen molar-refractivity contribution in [3.8, 4) is 17.2 Å². The van der Waals surface area contributed by atoms with Crippen molar-refractivity contribution < 1.29 is 14.2 Å². The third kappa shape index (κ3) is 4.41. The molecule has 0 saturated heterocycles. The fourth-order valence-corrected chi connectivity index (χ4v) is 3.58. The highest BCUT2D eigenvalue weighted by Gasteiger charge is 2.20. The molecule has 7 heteroatoms. The number of ether oxygens (including phenoxy) is 3. The Morgan fingerprint density at radius 3 is 2.32 bits per heavy atom. The molecule has 158 valence electrons. The number of methoxy groups -OCH3 is 2. The van der Waals surface area contributed by atoms with Gasteiger partial charge in [-0.15, -0.1) is 0 Å². The van der Waals surface area contributed by atoms with Crippen molar-refractivity contribution in [2.75, 3.05) is 20.8 Å². The van der Waals surface area contributed by atoms with Gasteiger partial charge in [-0.25, -0.2) is 4.99 Å². The zero-order chi connectivity index (χ0) is 21.8. The molecule has 1 heterocycles. The minimum Gasteiger partial charge on any atom is -0.494 e. The molecule has 0 saturated carbocycles. The number of aliphatic imine (C=N–C) groups is 1. The van der Waals surface area contributed by atoms with Crippen molar-refractivity contribution in [2.45, 2.75) is 6.92 Å². The first kappa shape index (κ1) is 20.9. The van der Waals surface area contributed by atoms with Gasteiger partial charge in [0.25, 0.3) is 0 Å². The van der Waals surface area contributed by atoms with E-state index >= 15 is 0 Å². The Labute approximate surface area is 189 Å². The lowest BCUT2D eigenvalue weighted by Gasteiger charge is -2.13. The van der Waals surface area contributed by atoms with Crippen LogP contribution < -0.4 is 19.6 Å². The third-order valence-electron chi connectivity index (χ3n) is 4.81. The number of hydrogen-bond donors (Lipinski definition) is 1. The molecule has 0 aromatic heterocycles. The highest BCUT2D eigenvalue weighted by atomic mass is 79.9. The van der Waals surface area contributed by atoms with Gasteiger partial charge in [0.2, 0.25) is 0 Å². The van der Waals surface area contributed by atoms with E-state index < -0.39 is 0 Å². The normalized spacial score (nSPS) is 12.6. The third-order valence-corrected chi connectivity index (χ3v) is 5.34. The maximum atomic E-state index is 5.73. The number of hydrogen-bond acceptors (Lipinski definition) is 6. The summed E-state index contributed by atoms with van der Waals surface area (Å²) in [6.07, 6.45) is 0. The molecular formula is C24H22BrN3O3. The number of nitrogens with one attached hydrogen (secondary N) is 1. The number of amidine groups is 1. The smallest absolute Gasteiger partial charge is 0.161 e. The first-order valence-corrected chi connectivity index (χ1v) is 10.6. The van der Waals surface area contributed by atoms with E-state index in [1.165, 1.54) is 0 Å². The number of rotatable bonds is 6. The van der Waals surface area contributed by atoms with E-state index in [0.29, 0.717) is 23.9 Å². The van der Waals surface area contributed by atoms with Gasteiger partial charge in [-0.1, -0.05) is 28.1 Å². The minimum absolute atomic E-state index is 0.577. The Morgan fingerprint density at radius 2 is 1.61 bits per heavy atom. The molecule has 0 atom stereocenters. The lowest BCUT2D eigenvalue weighted by Crippen LogP contribution is -2.19. The largest absolute Gasteiger partial charge is 0.494 e. The van der Waals surface area contributed by atoms with Crippen LogP contribution in [0.5, 0.6) is 17.2 Å². The quantitative estimate of drug-likeness (QED) is 0.520. The van der Waals surface area contributed by atoms with Gasteiger partial charge in [-0.05, 0) is 55.5 Å². The van der Waals surface area contributed by atoms with Crippen LogP contribution in [-0.4, -0.2) is 32.4 Å². The molecule has 0 bridgehead atoms. The molecule has 0 amide bonds. The molecule has 3 aromatic rings. The molecule has 1 aliphatic rings. The van der Waals surface area contributed by atoms with E-state index in [1.54, 1.807) is 14.2 Å². The van der Waals surface area contributed by atoms with Gasteiger partial charge in [0, 0.05) is 21.2 Å². The van der Waals surface area contributed by atoms with Crippen LogP contribution in [0.15, 0.2) is 75.2 Å². The van der Waals surface area contributed by atoms with Crippen molar-refractivity contribution in [3.63, 3.8) is 0 Å². The summed E-state index contributed by atoms with van der Waals surface area (Å²) >= 11 is 3.47. The minimum atomic E-state index is 0.577. The van der Waals surface area contributed by atoms with Gasteiger partial charge in [0.15, 0.2) is 17.3 Å². The summed E-state index contributed by atoms with van der Waals surface area (Å²) in [4.78, 5) is 4.86. The molecule has 4 rings (SSSR count). The van der Waals surface area contributed by atoms with Gasteiger partial charge in [0.05, 0.1) is 26.5 Å². The molecule has 0 unspecified atom stereocenters. The van der Waals surface area contributed by atoms with Crippen LogP contribution in [0.1, 0.15) is 23.6 Å². The number of halogens is 1. The summed E-state index contributed by atoms with van der Waals surface area (Å²) in [5.41, 5.74) is 7.32. The zero-order valence-electron chi connectivity index (χ0n) is 17.5. The molecule has 0 radical (unpaired) electrons. The Kier molecular flexibility index (Phi) is 6.23. The predicted molar refractivity (Wildman–Crippen MR) is 126 cm³/mol. The highest BCUT2D eigenvalue weighted by Crippen LogP contribution is 2.33. The van der Waals surface area contributed by atoms with Crippen molar-refractivity contribution in [1.82, 2.24) is 5.43 Å². The summed E-state index contributed by atoms with van der Waals surface area (Å²) < 4.78 is 17.6. The lowest BCUT2D eigenvalue weighted by atomic mass is 10.00. The van der Waals surface area contributed by atoms with Crippen LogP contribution in [0, 0.1) is 0 Å². The van der Waals surface area contributed by atoms with Crippen LogP contribution in [0.3, 0.4) is 0 Å². The fourth-order valence-electron chi connectivity index (χ4n) is 3.31. The summed E-state index contributed by atoms with van der Waals surface area (Å²) in [6, 6.07) is 19.5. The summed E-state index contributed by atoms with van der Waals surface area (Å²) in [6.45, 7) is 2.54. The summed E-state index contributed by atoms with van der Waals surface area (Å²) in [5, 5.41) is 4.72. The number of fused-ring (bicyclic) bond motifs is 1. The number of benzene rings is 3. The van der Waals surface area contributed by atoms with E-state index in [4.69, 9.17) is 24.3 Å². The lowest BCUT2D eigenvalue weighted by molar-refractivity contribution is 0.340. The molecule has 1 N–H and O–H groups in total. The molecule has 31 heavy (non-hydrogen) atoms. The molecular weight excluding hydrogens is 458 g/mol. The number of nitrogens with zero attached hydrogens (tertiary/aromatic N) is 2. The fraction of sp³-hybridized carbons (Fsp3) is 0.167. The summed E-state index contributed by atoms with van der Waals surface area (Å²) in [7, 11) is 3.23. The van der Waals surface area contributed by atoms with Crippen molar-refractivity contribution in [1.29, 1.82) is 0 Å². The maximum Gasteiger partial charge on any atom is 0.161 e. The molecule has 0 spiro atoms. The first-order chi connectivity index (χ1) is 15.1. The van der Waals surface area contributed by atoms with Crippen LogP contribution in [0.25, 0.3) is 0 Å². The molecule has 0 fully saturated rings. The number of hydrazone groups is 1. The standard InChI is InChI=1S/C24H22BrN3O3/c1-4-31-18-10-11-20-19(14-18)23(16-7-12-21(29-2)22(13-16)30-3)27-28-24(26-20)15-5-8-17(25)9-6-15/h5-14H,4H2,1-3H3,(H,26,28). The van der Waals surface area contributed by atoms with E-state index in [0.717, 1.165) is 38.3 Å². The average Bonchev–Trinajstić information content (AvgIpc) is 2.99. The Bertz CT molecular complexity index is 1160. The van der Waals surface area contributed by atoms with Crippen molar-refractivity contribution in [2.24, 2.45) is 10.1 Å².